The van der Waals surface area contributed by atoms with E-state index in [1.54, 1.807) is 0 Å². The Hall–Kier alpha value is 0.0500. The first-order chi connectivity index (χ1) is 10.6. The summed E-state index contributed by atoms with van der Waals surface area (Å²) in [4.78, 5) is 10.9. The Labute approximate surface area is 147 Å². The molecular weight excluding hydrogens is 319 g/mol. The number of rotatable bonds is 15. The molecule has 0 N–H and O–H groups in total. The predicted molar refractivity (Wildman–Crippen MR) is 97.0 cm³/mol. The molecule has 0 unspecified atom stereocenters. The zero-order valence-corrected chi connectivity index (χ0v) is 15.9. The molecule has 0 aromatic heterocycles. The van der Waals surface area contributed by atoms with Crippen LogP contribution in [0, 0.1) is 0 Å². The molecule has 22 heavy (non-hydrogen) atoms. The maximum atomic E-state index is 10.9. The van der Waals surface area contributed by atoms with E-state index >= 15 is 0 Å². The first-order valence-electron chi connectivity index (χ1n) is 8.96. The Kier molecular flexibility index (Phi) is 16.0. The number of hydrogen-bond acceptors (Lipinski definition) is 2. The van der Waals surface area contributed by atoms with Gasteiger partial charge in [-0.2, -0.15) is 0 Å². The SMILES string of the molecule is CCCCCC[C@H](Cl)[C@@H](Cl)CCCCCCCCC(=O)OC. The lowest BCUT2D eigenvalue weighted by atomic mass is 10.0. The fourth-order valence-corrected chi connectivity index (χ4v) is 3.11. The summed E-state index contributed by atoms with van der Waals surface area (Å²) in [6.45, 7) is 2.22. The van der Waals surface area contributed by atoms with Gasteiger partial charge in [-0.3, -0.25) is 4.79 Å². The van der Waals surface area contributed by atoms with Gasteiger partial charge >= 0.3 is 5.97 Å². The largest absolute Gasteiger partial charge is 0.469 e. The van der Waals surface area contributed by atoms with Crippen LogP contribution in [-0.2, 0) is 9.53 Å². The van der Waals surface area contributed by atoms with Gasteiger partial charge in [-0.25, -0.2) is 0 Å². The number of carbonyl (C=O) groups is 1. The Morgan fingerprint density at radius 1 is 0.818 bits per heavy atom. The Bertz CT molecular complexity index is 259. The fourth-order valence-electron chi connectivity index (χ4n) is 2.55. The number of hydrogen-bond donors (Lipinski definition) is 0. The highest BCUT2D eigenvalue weighted by molar-refractivity contribution is 6.29. The zero-order valence-electron chi connectivity index (χ0n) is 14.4. The van der Waals surface area contributed by atoms with Crippen molar-refractivity contribution in [2.24, 2.45) is 0 Å². The van der Waals surface area contributed by atoms with Gasteiger partial charge in [0.15, 0.2) is 0 Å². The van der Waals surface area contributed by atoms with Gasteiger partial charge in [-0.05, 0) is 19.3 Å². The first kappa shape index (κ1) is 22.1. The summed E-state index contributed by atoms with van der Waals surface area (Å²) in [5.74, 6) is -0.0999. The number of halogens is 2. The van der Waals surface area contributed by atoms with Gasteiger partial charge in [-0.15, -0.1) is 23.2 Å². The molecular formula is C18H34Cl2O2. The number of carbonyl (C=O) groups excluding carboxylic acids is 1. The molecule has 0 heterocycles. The van der Waals surface area contributed by atoms with Crippen molar-refractivity contribution in [3.63, 3.8) is 0 Å². The van der Waals surface area contributed by atoms with E-state index in [9.17, 15) is 4.79 Å². The van der Waals surface area contributed by atoms with Gasteiger partial charge < -0.3 is 4.74 Å². The monoisotopic (exact) mass is 352 g/mol. The molecule has 0 fully saturated rings. The third kappa shape index (κ3) is 13.7. The van der Waals surface area contributed by atoms with Gasteiger partial charge in [0.25, 0.3) is 0 Å². The molecule has 132 valence electrons. The van der Waals surface area contributed by atoms with Gasteiger partial charge in [0, 0.05) is 17.2 Å². The van der Waals surface area contributed by atoms with Crippen LogP contribution in [0.1, 0.15) is 90.4 Å². The molecule has 2 nitrogen and oxygen atoms in total. The van der Waals surface area contributed by atoms with Crippen molar-refractivity contribution < 1.29 is 9.53 Å². The third-order valence-electron chi connectivity index (χ3n) is 4.06. The van der Waals surface area contributed by atoms with E-state index in [-0.39, 0.29) is 16.7 Å². The summed E-state index contributed by atoms with van der Waals surface area (Å²) in [6, 6.07) is 0. The Morgan fingerprint density at radius 3 is 1.77 bits per heavy atom. The molecule has 0 radical (unpaired) electrons. The molecule has 0 aliphatic rings. The second-order valence-electron chi connectivity index (χ2n) is 6.12. The number of ether oxygens (including phenoxy) is 1. The van der Waals surface area contributed by atoms with E-state index in [1.807, 2.05) is 0 Å². The van der Waals surface area contributed by atoms with E-state index in [1.165, 1.54) is 52.1 Å². The number of esters is 1. The number of alkyl halides is 2. The maximum Gasteiger partial charge on any atom is 0.305 e. The summed E-state index contributed by atoms with van der Waals surface area (Å²) < 4.78 is 4.62. The van der Waals surface area contributed by atoms with Gasteiger partial charge in [0.1, 0.15) is 0 Å². The Morgan fingerprint density at radius 2 is 1.27 bits per heavy atom. The summed E-state index contributed by atoms with van der Waals surface area (Å²) in [5.41, 5.74) is 0. The minimum atomic E-state index is -0.0999. The molecule has 0 aromatic rings. The zero-order chi connectivity index (χ0) is 16.6. The summed E-state index contributed by atoms with van der Waals surface area (Å²) in [6.07, 6.45) is 14.5. The van der Waals surface area contributed by atoms with Crippen molar-refractivity contribution in [2.75, 3.05) is 7.11 Å². The first-order valence-corrected chi connectivity index (χ1v) is 9.84. The highest BCUT2D eigenvalue weighted by Crippen LogP contribution is 2.22. The van der Waals surface area contributed by atoms with Crippen molar-refractivity contribution in [1.29, 1.82) is 0 Å². The molecule has 2 atom stereocenters. The van der Waals surface area contributed by atoms with Crippen molar-refractivity contribution in [2.45, 2.75) is 101 Å². The lowest BCUT2D eigenvalue weighted by Gasteiger charge is -2.15. The van der Waals surface area contributed by atoms with Crippen LogP contribution in [0.25, 0.3) is 0 Å². The average Bonchev–Trinajstić information content (AvgIpc) is 2.53. The predicted octanol–water partition coefficient (Wildman–Crippen LogP) is 6.47. The van der Waals surface area contributed by atoms with E-state index in [2.05, 4.69) is 11.7 Å². The maximum absolute atomic E-state index is 10.9. The van der Waals surface area contributed by atoms with Crippen LogP contribution < -0.4 is 0 Å². The molecule has 0 aromatic carbocycles. The summed E-state index contributed by atoms with van der Waals surface area (Å²) in [5, 5.41) is 0.237. The molecule has 0 bridgehead atoms. The van der Waals surface area contributed by atoms with Crippen LogP contribution in [0.15, 0.2) is 0 Å². The third-order valence-corrected chi connectivity index (χ3v) is 5.24. The van der Waals surface area contributed by atoms with Gasteiger partial charge in [0.05, 0.1) is 7.11 Å². The quantitative estimate of drug-likeness (QED) is 0.192. The van der Waals surface area contributed by atoms with Crippen LogP contribution in [0.3, 0.4) is 0 Å². The van der Waals surface area contributed by atoms with Crippen molar-refractivity contribution >= 4 is 29.2 Å². The van der Waals surface area contributed by atoms with E-state index in [4.69, 9.17) is 23.2 Å². The normalized spacial score (nSPS) is 13.8. The van der Waals surface area contributed by atoms with Crippen molar-refractivity contribution in [3.8, 4) is 0 Å². The minimum absolute atomic E-state index is 0.0999. The lowest BCUT2D eigenvalue weighted by molar-refractivity contribution is -0.140. The van der Waals surface area contributed by atoms with E-state index in [0.29, 0.717) is 6.42 Å². The van der Waals surface area contributed by atoms with Gasteiger partial charge in [-0.1, -0.05) is 64.7 Å². The summed E-state index contributed by atoms with van der Waals surface area (Å²) in [7, 11) is 1.44. The fraction of sp³-hybridized carbons (Fsp3) is 0.944. The van der Waals surface area contributed by atoms with Crippen molar-refractivity contribution in [3.05, 3.63) is 0 Å². The second kappa shape index (κ2) is 15.9. The van der Waals surface area contributed by atoms with Crippen LogP contribution in [0.2, 0.25) is 0 Å². The second-order valence-corrected chi connectivity index (χ2v) is 7.24. The van der Waals surface area contributed by atoms with Crippen LogP contribution >= 0.6 is 23.2 Å². The van der Waals surface area contributed by atoms with Gasteiger partial charge in [0.2, 0.25) is 0 Å². The van der Waals surface area contributed by atoms with Crippen LogP contribution in [0.5, 0.6) is 0 Å². The topological polar surface area (TPSA) is 26.3 Å². The molecule has 0 aliphatic carbocycles. The average molecular weight is 353 g/mol. The molecule has 4 heteroatoms. The van der Waals surface area contributed by atoms with Crippen LogP contribution in [0.4, 0.5) is 0 Å². The van der Waals surface area contributed by atoms with Crippen LogP contribution in [-0.4, -0.2) is 23.8 Å². The molecule has 0 saturated carbocycles. The minimum Gasteiger partial charge on any atom is -0.469 e. The standard InChI is InChI=1S/C18H34Cl2O2/c1-3-4-5-10-13-16(19)17(20)14-11-8-6-7-9-12-15-18(21)22-2/h16-17H,3-15H2,1-2H3/t16-,17-/m0/s1. The molecule has 0 spiro atoms. The summed E-state index contributed by atoms with van der Waals surface area (Å²) >= 11 is 12.7. The van der Waals surface area contributed by atoms with Crippen molar-refractivity contribution in [1.82, 2.24) is 0 Å². The number of unbranched alkanes of at least 4 members (excludes halogenated alkanes) is 8. The molecule has 0 saturated heterocycles. The lowest BCUT2D eigenvalue weighted by Crippen LogP contribution is -2.14. The van der Waals surface area contributed by atoms with E-state index < -0.39 is 0 Å². The molecule has 0 amide bonds. The number of methoxy groups -OCH3 is 1. The highest BCUT2D eigenvalue weighted by Gasteiger charge is 2.15. The Balaban J connectivity index is 3.36. The smallest absolute Gasteiger partial charge is 0.305 e. The van der Waals surface area contributed by atoms with E-state index in [0.717, 1.165) is 32.1 Å². The highest BCUT2D eigenvalue weighted by atomic mass is 35.5. The molecule has 0 aliphatic heterocycles. The molecule has 0 rings (SSSR count).